The molecule has 140 valence electrons. The number of methoxy groups -OCH3 is 2. The normalized spacial score (nSPS) is 10.9. The minimum Gasteiger partial charge on any atom is -0.480 e. The van der Waals surface area contributed by atoms with E-state index < -0.39 is 0 Å². The van der Waals surface area contributed by atoms with Crippen LogP contribution in [0, 0.1) is 0 Å². The lowest BCUT2D eigenvalue weighted by Crippen LogP contribution is -1.96. The number of ether oxygens (including phenoxy) is 2. The molecule has 0 fully saturated rings. The third-order valence-electron chi connectivity index (χ3n) is 4.58. The molecule has 6 nitrogen and oxygen atoms in total. The standard InChI is InChI=1S/C22H20N4O2/c1-27-13-17-5-3-15(11-25-17)18-7-8-24-21-6-4-14(9-19(18)21)16-10-20(23)22(28-2)26-12-16/h3-12H,13,23H2,1-2H3. The fraction of sp³-hybridized carbons (Fsp3) is 0.136. The van der Waals surface area contributed by atoms with Crippen molar-refractivity contribution in [3.05, 3.63) is 66.7 Å². The van der Waals surface area contributed by atoms with E-state index in [1.807, 2.05) is 42.7 Å². The van der Waals surface area contributed by atoms with E-state index in [1.54, 1.807) is 20.4 Å². The van der Waals surface area contributed by atoms with Crippen LogP contribution in [0.3, 0.4) is 0 Å². The summed E-state index contributed by atoms with van der Waals surface area (Å²) >= 11 is 0. The van der Waals surface area contributed by atoms with Crippen molar-refractivity contribution >= 4 is 16.6 Å². The highest BCUT2D eigenvalue weighted by Gasteiger charge is 2.09. The largest absolute Gasteiger partial charge is 0.480 e. The summed E-state index contributed by atoms with van der Waals surface area (Å²) in [7, 11) is 3.21. The first-order valence-corrected chi connectivity index (χ1v) is 8.82. The third-order valence-corrected chi connectivity index (χ3v) is 4.58. The molecular formula is C22H20N4O2. The first kappa shape index (κ1) is 17.9. The zero-order valence-electron chi connectivity index (χ0n) is 15.7. The van der Waals surface area contributed by atoms with E-state index in [0.29, 0.717) is 18.2 Å². The highest BCUT2D eigenvalue weighted by molar-refractivity contribution is 5.96. The van der Waals surface area contributed by atoms with Gasteiger partial charge in [0.1, 0.15) is 0 Å². The van der Waals surface area contributed by atoms with Crippen LogP contribution in [0.2, 0.25) is 0 Å². The molecule has 0 radical (unpaired) electrons. The maximum atomic E-state index is 6.02. The van der Waals surface area contributed by atoms with Crippen molar-refractivity contribution in [1.82, 2.24) is 15.0 Å². The van der Waals surface area contributed by atoms with Crippen LogP contribution >= 0.6 is 0 Å². The molecular weight excluding hydrogens is 352 g/mol. The van der Waals surface area contributed by atoms with Crippen molar-refractivity contribution < 1.29 is 9.47 Å². The number of fused-ring (bicyclic) bond motifs is 1. The third kappa shape index (κ3) is 3.37. The van der Waals surface area contributed by atoms with Crippen LogP contribution in [0.25, 0.3) is 33.2 Å². The summed E-state index contributed by atoms with van der Waals surface area (Å²) in [5.74, 6) is 0.425. The minimum atomic E-state index is 0.425. The predicted octanol–water partition coefficient (Wildman–Crippen LogP) is 4.10. The molecule has 0 unspecified atom stereocenters. The van der Waals surface area contributed by atoms with Crippen molar-refractivity contribution in [2.24, 2.45) is 0 Å². The van der Waals surface area contributed by atoms with Gasteiger partial charge >= 0.3 is 0 Å². The predicted molar refractivity (Wildman–Crippen MR) is 110 cm³/mol. The molecule has 0 saturated carbocycles. The Bertz CT molecular complexity index is 1130. The van der Waals surface area contributed by atoms with Gasteiger partial charge in [-0.1, -0.05) is 12.1 Å². The molecule has 4 rings (SSSR count). The highest BCUT2D eigenvalue weighted by Crippen LogP contribution is 2.32. The maximum Gasteiger partial charge on any atom is 0.236 e. The lowest BCUT2D eigenvalue weighted by atomic mass is 9.98. The average Bonchev–Trinajstić information content (AvgIpc) is 2.74. The number of nitrogens with zero attached hydrogens (tertiary/aromatic N) is 3. The second-order valence-electron chi connectivity index (χ2n) is 6.38. The van der Waals surface area contributed by atoms with Crippen molar-refractivity contribution in [1.29, 1.82) is 0 Å². The maximum absolute atomic E-state index is 6.02. The first-order chi connectivity index (χ1) is 13.7. The van der Waals surface area contributed by atoms with Crippen LogP contribution in [-0.4, -0.2) is 29.2 Å². The van der Waals surface area contributed by atoms with Crippen LogP contribution in [0.5, 0.6) is 5.88 Å². The van der Waals surface area contributed by atoms with Crippen LogP contribution in [-0.2, 0) is 11.3 Å². The Morgan fingerprint density at radius 2 is 1.68 bits per heavy atom. The lowest BCUT2D eigenvalue weighted by Gasteiger charge is -2.10. The van der Waals surface area contributed by atoms with Crippen LogP contribution in [0.4, 0.5) is 5.69 Å². The first-order valence-electron chi connectivity index (χ1n) is 8.82. The van der Waals surface area contributed by atoms with Gasteiger partial charge in [0, 0.05) is 42.2 Å². The zero-order valence-corrected chi connectivity index (χ0v) is 15.7. The van der Waals surface area contributed by atoms with E-state index >= 15 is 0 Å². The van der Waals surface area contributed by atoms with E-state index in [0.717, 1.165) is 38.9 Å². The van der Waals surface area contributed by atoms with Crippen LogP contribution in [0.15, 0.2) is 61.1 Å². The molecule has 0 amide bonds. The number of aromatic nitrogens is 3. The van der Waals surface area contributed by atoms with Gasteiger partial charge in [0.2, 0.25) is 5.88 Å². The fourth-order valence-corrected chi connectivity index (χ4v) is 3.19. The quantitative estimate of drug-likeness (QED) is 0.568. The summed E-state index contributed by atoms with van der Waals surface area (Å²) in [5.41, 5.74) is 12.4. The molecule has 3 aromatic heterocycles. The number of nitrogen functional groups attached to an aromatic ring is 1. The average molecular weight is 372 g/mol. The van der Waals surface area contributed by atoms with Gasteiger partial charge in [-0.3, -0.25) is 9.97 Å². The summed E-state index contributed by atoms with van der Waals surface area (Å²) in [6, 6.07) is 14.0. The summed E-state index contributed by atoms with van der Waals surface area (Å²) in [6.45, 7) is 0.493. The molecule has 0 saturated heterocycles. The van der Waals surface area contributed by atoms with E-state index in [-0.39, 0.29) is 0 Å². The molecule has 1 aromatic carbocycles. The molecule has 4 aromatic rings. The van der Waals surface area contributed by atoms with Crippen molar-refractivity contribution in [3.63, 3.8) is 0 Å². The number of rotatable bonds is 5. The molecule has 0 aliphatic rings. The molecule has 0 spiro atoms. The number of hydrogen-bond donors (Lipinski definition) is 1. The van der Waals surface area contributed by atoms with Crippen LogP contribution in [0.1, 0.15) is 5.69 Å². The van der Waals surface area contributed by atoms with Gasteiger partial charge in [-0.2, -0.15) is 0 Å². The van der Waals surface area contributed by atoms with Crippen molar-refractivity contribution in [2.45, 2.75) is 6.61 Å². The Kier molecular flexibility index (Phi) is 4.87. The summed E-state index contributed by atoms with van der Waals surface area (Å²) in [6.07, 6.45) is 5.43. The Balaban J connectivity index is 1.80. The van der Waals surface area contributed by atoms with E-state index in [2.05, 4.69) is 27.1 Å². The molecule has 0 aliphatic carbocycles. The Morgan fingerprint density at radius 1 is 0.857 bits per heavy atom. The Hall–Kier alpha value is -3.51. The van der Waals surface area contributed by atoms with Gasteiger partial charge < -0.3 is 15.2 Å². The monoisotopic (exact) mass is 372 g/mol. The van der Waals surface area contributed by atoms with Gasteiger partial charge in [-0.15, -0.1) is 0 Å². The SMILES string of the molecule is COCc1ccc(-c2ccnc3ccc(-c4cnc(OC)c(N)c4)cc23)cn1. The summed E-state index contributed by atoms with van der Waals surface area (Å²) < 4.78 is 10.3. The lowest BCUT2D eigenvalue weighted by molar-refractivity contribution is 0.181. The second kappa shape index (κ2) is 7.62. The van der Waals surface area contributed by atoms with Gasteiger partial charge in [-0.25, -0.2) is 4.98 Å². The van der Waals surface area contributed by atoms with Crippen LogP contribution < -0.4 is 10.5 Å². The Labute approximate surface area is 163 Å². The van der Waals surface area contributed by atoms with Gasteiger partial charge in [0.05, 0.1) is 30.6 Å². The smallest absolute Gasteiger partial charge is 0.236 e. The fourth-order valence-electron chi connectivity index (χ4n) is 3.19. The van der Waals surface area contributed by atoms with E-state index in [4.69, 9.17) is 15.2 Å². The van der Waals surface area contributed by atoms with Crippen molar-refractivity contribution in [3.8, 4) is 28.1 Å². The molecule has 0 atom stereocenters. The number of pyridine rings is 3. The van der Waals surface area contributed by atoms with Gasteiger partial charge in [0.15, 0.2) is 0 Å². The van der Waals surface area contributed by atoms with Crippen molar-refractivity contribution in [2.75, 3.05) is 20.0 Å². The molecule has 2 N–H and O–H groups in total. The minimum absolute atomic E-state index is 0.425. The number of benzene rings is 1. The molecule has 3 heterocycles. The van der Waals surface area contributed by atoms with E-state index in [9.17, 15) is 0 Å². The zero-order chi connectivity index (χ0) is 19.5. The summed E-state index contributed by atoms with van der Waals surface area (Å²) in [5, 5.41) is 1.04. The molecule has 28 heavy (non-hydrogen) atoms. The van der Waals surface area contributed by atoms with E-state index in [1.165, 1.54) is 0 Å². The number of anilines is 1. The van der Waals surface area contributed by atoms with Gasteiger partial charge in [0.25, 0.3) is 0 Å². The van der Waals surface area contributed by atoms with Gasteiger partial charge in [-0.05, 0) is 41.5 Å². The molecule has 6 heteroatoms. The second-order valence-corrected chi connectivity index (χ2v) is 6.38. The summed E-state index contributed by atoms with van der Waals surface area (Å²) in [4.78, 5) is 13.2. The Morgan fingerprint density at radius 3 is 2.39 bits per heavy atom. The molecule has 0 bridgehead atoms. The number of nitrogens with two attached hydrogens (primary N) is 1. The molecule has 0 aliphatic heterocycles. The highest BCUT2D eigenvalue weighted by atomic mass is 16.5. The number of hydrogen-bond acceptors (Lipinski definition) is 6. The topological polar surface area (TPSA) is 83.2 Å².